The van der Waals surface area contributed by atoms with E-state index in [0.717, 1.165) is 51.4 Å². The number of rotatable bonds is 21. The quantitative estimate of drug-likeness (QED) is 0.0664. The number of hydrogen-bond donors (Lipinski definition) is 1. The lowest BCUT2D eigenvalue weighted by Crippen LogP contribution is -2.58. The van der Waals surface area contributed by atoms with Crippen molar-refractivity contribution in [3.8, 4) is 0 Å². The van der Waals surface area contributed by atoms with Crippen molar-refractivity contribution in [1.29, 1.82) is 0 Å². The summed E-state index contributed by atoms with van der Waals surface area (Å²) in [4.78, 5) is 59.1. The zero-order valence-corrected chi connectivity index (χ0v) is 60.6. The van der Waals surface area contributed by atoms with Gasteiger partial charge in [-0.25, -0.2) is 0 Å². The van der Waals surface area contributed by atoms with E-state index in [2.05, 4.69) is 11.7 Å². The first kappa shape index (κ1) is 93.9. The second-order valence-electron chi connectivity index (χ2n) is 30.7. The molecule has 32 heteroatoms. The van der Waals surface area contributed by atoms with Gasteiger partial charge in [0.1, 0.15) is 24.4 Å². The zero-order chi connectivity index (χ0) is 79.1. The topological polar surface area (TPSA) is 152 Å². The van der Waals surface area contributed by atoms with Crippen LogP contribution >= 0.6 is 0 Å². The van der Waals surface area contributed by atoms with Gasteiger partial charge in [0, 0.05) is 0 Å². The minimum absolute atomic E-state index is 0.0108. The van der Waals surface area contributed by atoms with Gasteiger partial charge in [0.2, 0.25) is 0 Å². The smallest absolute Gasteiger partial charge is 0.434 e. The van der Waals surface area contributed by atoms with Crippen molar-refractivity contribution in [1.82, 2.24) is 0 Å². The lowest BCUT2D eigenvalue weighted by atomic mass is 9.78. The SMILES string of the molecule is CCC(C)(C(=O)OC(C(C)C)C(C)C)C(F)(F)F.CCC(C)(C(=O)OC(C(C)C)C(C)C)C(F)(F)F.CCC(C)(C(=O)OC1CC2CC(CC(O)(C(F)(F)F)C(F)(F)F)C1C2)C(F)(F)F.CCC(C)(C)C(=O)OC(C(F)(F)F)C(F)(F)F.CCC(C)(C)C(=O)OC1CC2CC1C1CCCC21. The summed E-state index contributed by atoms with van der Waals surface area (Å²) in [6.07, 6.45) is -38.6. The summed E-state index contributed by atoms with van der Waals surface area (Å²) in [7, 11) is 0. The van der Waals surface area contributed by atoms with Gasteiger partial charge >= 0.3 is 73.1 Å². The fraction of sp³-hybridized carbons (Fsp3) is 0.926. The first-order chi connectivity index (χ1) is 44.7. The maximum absolute atomic E-state index is 13.2. The highest BCUT2D eigenvalue weighted by Crippen LogP contribution is 2.60. The van der Waals surface area contributed by atoms with Crippen LogP contribution in [-0.2, 0) is 47.7 Å². The molecule has 5 rings (SSSR count). The lowest BCUT2D eigenvalue weighted by molar-refractivity contribution is -0.373. The lowest BCUT2D eigenvalue weighted by Gasteiger charge is -2.38. The van der Waals surface area contributed by atoms with E-state index in [0.29, 0.717) is 12.8 Å². The van der Waals surface area contributed by atoms with Gasteiger partial charge in [-0.15, -0.1) is 0 Å². The molecule has 0 spiro atoms. The summed E-state index contributed by atoms with van der Waals surface area (Å²) in [5.41, 5.74) is -14.3. The first-order valence-electron chi connectivity index (χ1n) is 33.9. The molecule has 11 nitrogen and oxygen atoms in total. The highest BCUT2D eigenvalue weighted by atomic mass is 19.4. The van der Waals surface area contributed by atoms with Crippen molar-refractivity contribution in [2.75, 3.05) is 0 Å². The molecule has 5 saturated carbocycles. The number of halogens is 21. The number of aliphatic hydroxyl groups is 1. The molecule has 0 aromatic heterocycles. The van der Waals surface area contributed by atoms with Gasteiger partial charge in [-0.3, -0.25) is 24.0 Å². The first-order valence-corrected chi connectivity index (χ1v) is 33.9. The summed E-state index contributed by atoms with van der Waals surface area (Å²) >= 11 is 0. The Bertz CT molecular complexity index is 2520. The molecule has 0 radical (unpaired) electrons. The Morgan fingerprint density at radius 1 is 0.380 bits per heavy atom. The summed E-state index contributed by atoms with van der Waals surface area (Å²) in [5, 5.41) is 9.41. The van der Waals surface area contributed by atoms with Gasteiger partial charge < -0.3 is 28.8 Å². The minimum atomic E-state index is -5.98. The fourth-order valence-corrected chi connectivity index (χ4v) is 13.1. The van der Waals surface area contributed by atoms with Crippen LogP contribution in [0.4, 0.5) is 92.2 Å². The number of carbonyl (C=O) groups is 5. The predicted molar refractivity (Wildman–Crippen MR) is 325 cm³/mol. The molecule has 590 valence electrons. The number of hydrogen-bond acceptors (Lipinski definition) is 11. The van der Waals surface area contributed by atoms with Crippen molar-refractivity contribution in [2.24, 2.45) is 92.2 Å². The van der Waals surface area contributed by atoms with E-state index in [1.54, 1.807) is 0 Å². The molecule has 0 aromatic carbocycles. The van der Waals surface area contributed by atoms with Crippen LogP contribution in [-0.4, -0.2) is 114 Å². The average molecular weight is 1500 g/mol. The van der Waals surface area contributed by atoms with Crippen LogP contribution in [0.3, 0.4) is 0 Å². The predicted octanol–water partition coefficient (Wildman–Crippen LogP) is 20.8. The number of carbonyl (C=O) groups excluding carboxylic acids is 5. The maximum Gasteiger partial charge on any atom is 0.434 e. The Labute approximate surface area is 573 Å². The molecular formula is C68H105F21O11. The highest BCUT2D eigenvalue weighted by Gasteiger charge is 2.72. The Kier molecular flexibility index (Phi) is 32.3. The van der Waals surface area contributed by atoms with Gasteiger partial charge in [0.25, 0.3) is 11.7 Å². The van der Waals surface area contributed by atoms with Gasteiger partial charge in [-0.1, -0.05) is 96.4 Å². The Balaban J connectivity index is 0.000000637. The largest absolute Gasteiger partial charge is 0.462 e. The molecule has 100 heavy (non-hydrogen) atoms. The highest BCUT2D eigenvalue weighted by molar-refractivity contribution is 5.79. The van der Waals surface area contributed by atoms with Crippen molar-refractivity contribution in [3.05, 3.63) is 0 Å². The molecule has 0 saturated heterocycles. The third-order valence-corrected chi connectivity index (χ3v) is 21.4. The second-order valence-corrected chi connectivity index (χ2v) is 30.7. The summed E-state index contributed by atoms with van der Waals surface area (Å²) in [5.74, 6) is -4.74. The van der Waals surface area contributed by atoms with Gasteiger partial charge in [0.05, 0.1) is 10.8 Å². The van der Waals surface area contributed by atoms with E-state index in [9.17, 15) is 121 Å². The van der Waals surface area contributed by atoms with Crippen LogP contribution < -0.4 is 0 Å². The van der Waals surface area contributed by atoms with E-state index < -0.39 is 143 Å². The molecule has 0 aliphatic heterocycles. The van der Waals surface area contributed by atoms with Crippen molar-refractivity contribution in [2.45, 2.75) is 308 Å². The third-order valence-electron chi connectivity index (χ3n) is 21.4. The van der Waals surface area contributed by atoms with Crippen LogP contribution in [0.25, 0.3) is 0 Å². The van der Waals surface area contributed by atoms with E-state index in [-0.39, 0.29) is 85.6 Å². The fourth-order valence-electron chi connectivity index (χ4n) is 13.1. The Hall–Kier alpha value is -4.16. The van der Waals surface area contributed by atoms with Crippen LogP contribution in [0.5, 0.6) is 0 Å². The molecule has 0 aromatic rings. The molecule has 5 fully saturated rings. The van der Waals surface area contributed by atoms with E-state index >= 15 is 0 Å². The standard InChI is InChI=1S/C17H21F9O3.C16H26O2.2C13H23F3O2.C9H12F6O2/c1-3-13(2,15(18,19)20)12(27)29-11-6-8-4-9(10(11)5-8)7-14(28,16(21,22)23)17(24,25)26;1-4-16(2,3)15(17)18-14-9-10-8-13(14)12-7-5-6-11(10)12;2*1-7-12(6,13(14,15)16)11(17)18-10(8(2)3)9(4)5;1-4-7(2,3)6(16)17-5(8(10,11)12)9(13,14)15/h8-11,28H,3-7H2,1-2H3;10-14H,4-9H2,1-3H3;2*8-10H,7H2,1-6H3;5H,4H2,1-3H3. The van der Waals surface area contributed by atoms with Crippen LogP contribution in [0, 0.1) is 92.2 Å². The molecular weight excluding hydrogens is 1390 g/mol. The molecule has 12 atom stereocenters. The number of ether oxygens (including phenoxy) is 5. The third kappa shape index (κ3) is 22.7. The Morgan fingerprint density at radius 2 is 0.720 bits per heavy atom. The molecule has 5 aliphatic carbocycles. The monoisotopic (exact) mass is 1500 g/mol. The summed E-state index contributed by atoms with van der Waals surface area (Å²) < 4.78 is 292. The van der Waals surface area contributed by atoms with Crippen LogP contribution in [0.2, 0.25) is 0 Å². The van der Waals surface area contributed by atoms with E-state index in [4.69, 9.17) is 18.9 Å². The number of esters is 5. The molecule has 1 N–H and O–H groups in total. The molecule has 12 unspecified atom stereocenters. The van der Waals surface area contributed by atoms with Crippen LogP contribution in [0.1, 0.15) is 228 Å². The second kappa shape index (κ2) is 34.4. The normalized spacial score (nSPS) is 24.6. The number of alkyl halides is 21. The van der Waals surface area contributed by atoms with Gasteiger partial charge in [0.15, 0.2) is 16.2 Å². The molecule has 5 aliphatic rings. The van der Waals surface area contributed by atoms with Crippen LogP contribution in [0.15, 0.2) is 0 Å². The van der Waals surface area contributed by atoms with Crippen molar-refractivity contribution in [3.63, 3.8) is 0 Å². The van der Waals surface area contributed by atoms with E-state index in [1.165, 1.54) is 60.3 Å². The molecule has 0 amide bonds. The van der Waals surface area contributed by atoms with Gasteiger partial charge in [-0.05, 0) is 197 Å². The molecule has 0 heterocycles. The van der Waals surface area contributed by atoms with E-state index in [1.807, 2.05) is 69.2 Å². The Morgan fingerprint density at radius 3 is 1.04 bits per heavy atom. The summed E-state index contributed by atoms with van der Waals surface area (Å²) in [6, 6.07) is 0. The van der Waals surface area contributed by atoms with Gasteiger partial charge in [-0.2, -0.15) is 92.2 Å². The average Bonchev–Trinajstić information content (AvgIpc) is 1.54. The molecule has 4 bridgehead atoms. The zero-order valence-electron chi connectivity index (χ0n) is 60.6. The summed E-state index contributed by atoms with van der Waals surface area (Å²) in [6.45, 7) is 30.8. The maximum atomic E-state index is 13.2. The number of fused-ring (bicyclic) bond motifs is 7. The van der Waals surface area contributed by atoms with Crippen molar-refractivity contribution < 1.29 is 145 Å². The minimum Gasteiger partial charge on any atom is -0.462 e. The van der Waals surface area contributed by atoms with Crippen molar-refractivity contribution >= 4 is 29.8 Å².